The lowest BCUT2D eigenvalue weighted by molar-refractivity contribution is -0.151. The molecule has 7 nitrogen and oxygen atoms in total. The standard InChI is InChI=1S/C39H55NO6Si/c1-27(32-20-15-21-34(40-32)42-8)16-14-17-28(2)36-29(3)22-23-33-39(7,45-37(43-33)30-18-12-11-13-19-30)25-24-31(26-35(41)44-36)46-47(9,10)38(4,5)6/h11-23,27,29,31,33,36-37H,24-26H2,1-10H3/b16-14+,23-22+,28-17+/t27?,29-,31+,33-,36+,37?,39+/m0/s1. The van der Waals surface area contributed by atoms with Gasteiger partial charge in [0.15, 0.2) is 14.6 Å². The predicted molar refractivity (Wildman–Crippen MR) is 190 cm³/mol. The third-order valence-electron chi connectivity index (χ3n) is 9.90. The molecule has 1 fully saturated rings. The van der Waals surface area contributed by atoms with Crippen LogP contribution < -0.4 is 4.74 Å². The fourth-order valence-corrected chi connectivity index (χ4v) is 7.19. The molecule has 7 atom stereocenters. The van der Waals surface area contributed by atoms with E-state index in [1.165, 1.54) is 0 Å². The molecule has 2 aromatic rings. The fourth-order valence-electron chi connectivity index (χ4n) is 5.80. The van der Waals surface area contributed by atoms with E-state index >= 15 is 0 Å². The number of fused-ring (bicyclic) bond motifs is 1. The summed E-state index contributed by atoms with van der Waals surface area (Å²) in [5, 5.41) is 0.00138. The maximum atomic E-state index is 13.6. The van der Waals surface area contributed by atoms with E-state index in [0.717, 1.165) is 16.8 Å². The first-order valence-corrected chi connectivity index (χ1v) is 19.8. The van der Waals surface area contributed by atoms with Crippen LogP contribution in [0.5, 0.6) is 5.88 Å². The second kappa shape index (κ2) is 15.5. The SMILES string of the molecule is COc1cccc(C(C)/C=C/C=C(\C)[C@H]2OC(=O)C[C@H](O[Si](C)(C)C(C)(C)C)CC[C@@]3(C)OC(c4ccccc4)O[C@H]3/C=C/[C@@H]2C)n1. The van der Waals surface area contributed by atoms with Crippen molar-refractivity contribution in [3.63, 3.8) is 0 Å². The zero-order valence-electron chi connectivity index (χ0n) is 30.0. The molecule has 1 saturated heterocycles. The van der Waals surface area contributed by atoms with Crippen LogP contribution in [0.4, 0.5) is 0 Å². The molecule has 0 N–H and O–H groups in total. The van der Waals surface area contributed by atoms with Gasteiger partial charge in [-0.05, 0) is 56.5 Å². The molecule has 47 heavy (non-hydrogen) atoms. The lowest BCUT2D eigenvalue weighted by atomic mass is 9.89. The van der Waals surface area contributed by atoms with E-state index in [4.69, 9.17) is 23.4 Å². The van der Waals surface area contributed by atoms with Gasteiger partial charge in [-0.15, -0.1) is 0 Å². The van der Waals surface area contributed by atoms with Gasteiger partial charge in [-0.1, -0.05) is 101 Å². The highest BCUT2D eigenvalue weighted by atomic mass is 28.4. The molecule has 2 aliphatic heterocycles. The number of rotatable bonds is 8. The van der Waals surface area contributed by atoms with E-state index < -0.39 is 26.3 Å². The van der Waals surface area contributed by atoms with Crippen LogP contribution in [0, 0.1) is 5.92 Å². The van der Waals surface area contributed by atoms with Crippen LogP contribution in [0.25, 0.3) is 0 Å². The zero-order chi connectivity index (χ0) is 34.4. The average Bonchev–Trinajstić information content (AvgIpc) is 3.36. The summed E-state index contributed by atoms with van der Waals surface area (Å²) in [5.41, 5.74) is 2.26. The van der Waals surface area contributed by atoms with Crippen molar-refractivity contribution in [2.24, 2.45) is 5.92 Å². The number of nitrogens with zero attached hydrogens (tertiary/aromatic N) is 1. The fraction of sp³-hybridized carbons (Fsp3) is 0.538. The molecular formula is C39H55NO6Si. The van der Waals surface area contributed by atoms with Gasteiger partial charge in [-0.3, -0.25) is 4.79 Å². The van der Waals surface area contributed by atoms with Gasteiger partial charge in [0.2, 0.25) is 5.88 Å². The van der Waals surface area contributed by atoms with Crippen molar-refractivity contribution in [2.45, 2.75) is 122 Å². The summed E-state index contributed by atoms with van der Waals surface area (Å²) in [6.45, 7) is 19.4. The van der Waals surface area contributed by atoms with Crippen molar-refractivity contribution >= 4 is 14.3 Å². The number of carbonyl (C=O) groups excluding carboxylic acids is 1. The summed E-state index contributed by atoms with van der Waals surface area (Å²) in [5.74, 6) is 0.309. The lowest BCUT2D eigenvalue weighted by Crippen LogP contribution is -2.45. The molecule has 0 aliphatic carbocycles. The van der Waals surface area contributed by atoms with Crippen LogP contribution in [0.3, 0.4) is 0 Å². The van der Waals surface area contributed by atoms with Gasteiger partial charge < -0.3 is 23.4 Å². The summed E-state index contributed by atoms with van der Waals surface area (Å²) < 4.78 is 31.7. The number of cyclic esters (lactones) is 1. The highest BCUT2D eigenvalue weighted by Crippen LogP contribution is 2.44. The predicted octanol–water partition coefficient (Wildman–Crippen LogP) is 9.25. The Morgan fingerprint density at radius 1 is 1.11 bits per heavy atom. The summed E-state index contributed by atoms with van der Waals surface area (Å²) in [6.07, 6.45) is 10.3. The molecular weight excluding hydrogens is 607 g/mol. The minimum atomic E-state index is -2.18. The third kappa shape index (κ3) is 9.53. The summed E-state index contributed by atoms with van der Waals surface area (Å²) in [6, 6.07) is 15.8. The molecule has 0 spiro atoms. The van der Waals surface area contributed by atoms with Gasteiger partial charge in [-0.25, -0.2) is 4.98 Å². The molecule has 0 amide bonds. The number of esters is 1. The Labute approximate surface area is 283 Å². The second-order valence-electron chi connectivity index (χ2n) is 14.8. The first kappa shape index (κ1) is 36.8. The average molecular weight is 662 g/mol. The summed E-state index contributed by atoms with van der Waals surface area (Å²) in [4.78, 5) is 18.2. The van der Waals surface area contributed by atoms with Gasteiger partial charge in [-0.2, -0.15) is 0 Å². The third-order valence-corrected chi connectivity index (χ3v) is 14.4. The van der Waals surface area contributed by atoms with E-state index in [-0.39, 0.29) is 41.5 Å². The largest absolute Gasteiger partial charge is 0.481 e. The smallest absolute Gasteiger partial charge is 0.308 e. The number of allylic oxidation sites excluding steroid dienone is 3. The van der Waals surface area contributed by atoms with Crippen LogP contribution in [-0.4, -0.2) is 50.3 Å². The minimum absolute atomic E-state index is 0.00138. The number of methoxy groups -OCH3 is 1. The first-order chi connectivity index (χ1) is 22.1. The molecule has 0 radical (unpaired) electrons. The highest BCUT2D eigenvalue weighted by molar-refractivity contribution is 6.74. The molecule has 3 heterocycles. The number of benzene rings is 1. The molecule has 8 heteroatoms. The van der Waals surface area contributed by atoms with Crippen molar-refractivity contribution in [2.75, 3.05) is 7.11 Å². The number of ether oxygens (including phenoxy) is 4. The van der Waals surface area contributed by atoms with Crippen molar-refractivity contribution < 1.29 is 28.2 Å². The van der Waals surface area contributed by atoms with Gasteiger partial charge in [0, 0.05) is 23.5 Å². The van der Waals surface area contributed by atoms with Gasteiger partial charge in [0.05, 0.1) is 30.9 Å². The summed E-state index contributed by atoms with van der Waals surface area (Å²) in [7, 11) is -0.559. The zero-order valence-corrected chi connectivity index (χ0v) is 31.0. The maximum absolute atomic E-state index is 13.6. The Kier molecular flexibility index (Phi) is 12.1. The number of carbonyl (C=O) groups is 1. The first-order valence-electron chi connectivity index (χ1n) is 16.9. The number of hydrogen-bond acceptors (Lipinski definition) is 7. The van der Waals surface area contributed by atoms with Crippen LogP contribution in [0.1, 0.15) is 91.2 Å². The Hall–Kier alpha value is -3.04. The van der Waals surface area contributed by atoms with Crippen molar-refractivity contribution in [1.29, 1.82) is 0 Å². The van der Waals surface area contributed by atoms with Crippen LogP contribution in [-0.2, 0) is 23.4 Å². The van der Waals surface area contributed by atoms with Crippen LogP contribution in [0.15, 0.2) is 84.5 Å². The monoisotopic (exact) mass is 661 g/mol. The Morgan fingerprint density at radius 3 is 2.51 bits per heavy atom. The minimum Gasteiger partial charge on any atom is -0.481 e. The second-order valence-corrected chi connectivity index (χ2v) is 19.6. The molecule has 0 saturated carbocycles. The van der Waals surface area contributed by atoms with Crippen LogP contribution >= 0.6 is 0 Å². The number of pyridine rings is 1. The molecule has 256 valence electrons. The van der Waals surface area contributed by atoms with E-state index in [9.17, 15) is 4.79 Å². The molecule has 2 aliphatic rings. The highest BCUT2D eigenvalue weighted by Gasteiger charge is 2.47. The van der Waals surface area contributed by atoms with Crippen LogP contribution in [0.2, 0.25) is 18.1 Å². The van der Waals surface area contributed by atoms with E-state index in [1.54, 1.807) is 7.11 Å². The molecule has 0 bridgehead atoms. The molecule has 4 rings (SSSR count). The topological polar surface area (TPSA) is 76.1 Å². The van der Waals surface area contributed by atoms with Crippen molar-refractivity contribution in [1.82, 2.24) is 4.98 Å². The van der Waals surface area contributed by atoms with Crippen molar-refractivity contribution in [3.05, 3.63) is 95.7 Å². The Morgan fingerprint density at radius 2 is 1.83 bits per heavy atom. The van der Waals surface area contributed by atoms with E-state index in [0.29, 0.717) is 18.7 Å². The van der Waals surface area contributed by atoms with Gasteiger partial charge in [0.1, 0.15) is 12.2 Å². The Balaban J connectivity index is 1.63. The number of hydrogen-bond donors (Lipinski definition) is 0. The Bertz CT molecular complexity index is 1430. The molecule has 1 aromatic carbocycles. The van der Waals surface area contributed by atoms with Gasteiger partial charge in [0.25, 0.3) is 0 Å². The van der Waals surface area contributed by atoms with Gasteiger partial charge >= 0.3 is 5.97 Å². The summed E-state index contributed by atoms with van der Waals surface area (Å²) >= 11 is 0. The normalized spacial score (nSPS) is 29.4. The molecule has 2 unspecified atom stereocenters. The molecule has 1 aromatic heterocycles. The van der Waals surface area contributed by atoms with E-state index in [2.05, 4.69) is 77.8 Å². The van der Waals surface area contributed by atoms with E-state index in [1.807, 2.05) is 67.6 Å². The van der Waals surface area contributed by atoms with Crippen molar-refractivity contribution in [3.8, 4) is 5.88 Å². The number of aromatic nitrogens is 1. The maximum Gasteiger partial charge on any atom is 0.308 e. The lowest BCUT2D eigenvalue weighted by Gasteiger charge is -2.40. The quantitative estimate of drug-likeness (QED) is 0.121.